The van der Waals surface area contributed by atoms with Crippen LogP contribution in [0.15, 0.2) is 241 Å². The van der Waals surface area contributed by atoms with Gasteiger partial charge in [0.25, 0.3) is 0 Å². The van der Waals surface area contributed by atoms with E-state index in [1.54, 1.807) is 54.6 Å². The molecule has 0 saturated carbocycles. The normalized spacial score (nSPS) is 12.3. The maximum Gasteiger partial charge on any atom is 0.339 e. The number of carbonyl (C=O) groups is 5. The number of ether oxygens (including phenoxy) is 4. The van der Waals surface area contributed by atoms with Crippen LogP contribution in [0.3, 0.4) is 0 Å². The van der Waals surface area contributed by atoms with Crippen molar-refractivity contribution >= 4 is 161 Å². The Kier molecular flexibility index (Phi) is 17.8. The van der Waals surface area contributed by atoms with Gasteiger partial charge in [0.15, 0.2) is 5.82 Å². The second-order valence-corrected chi connectivity index (χ2v) is 28.6. The van der Waals surface area contributed by atoms with Gasteiger partial charge < -0.3 is 44.5 Å². The molecule has 111 heavy (non-hydrogen) atoms. The summed E-state index contributed by atoms with van der Waals surface area (Å²) in [6, 6.07) is 67.8. The molecule has 544 valence electrons. The van der Waals surface area contributed by atoms with E-state index in [-0.39, 0.29) is 130 Å². The number of esters is 2. The van der Waals surface area contributed by atoms with Crippen LogP contribution in [0.1, 0.15) is 130 Å². The summed E-state index contributed by atoms with van der Waals surface area (Å²) in [5.41, 5.74) is 3.10. The number of carbonyl (C=O) groups excluding carboxylic acids is 2. The average Bonchev–Trinajstić information content (AvgIpc) is 0.688. The van der Waals surface area contributed by atoms with E-state index in [9.17, 15) is 49.5 Å². The van der Waals surface area contributed by atoms with Crippen LogP contribution in [0.4, 0.5) is 11.5 Å². The fourth-order valence-corrected chi connectivity index (χ4v) is 16.2. The van der Waals surface area contributed by atoms with Gasteiger partial charge in [-0.05, 0) is 220 Å². The first-order chi connectivity index (χ1) is 53.8. The van der Waals surface area contributed by atoms with E-state index in [0.717, 1.165) is 54.6 Å². The number of aliphatic hydroxyl groups excluding tert-OH is 2. The molecule has 0 aliphatic carbocycles. The van der Waals surface area contributed by atoms with Crippen LogP contribution in [0, 0.1) is 0 Å². The monoisotopic (exact) mass is 1460 g/mol. The Morgan fingerprint density at radius 2 is 0.748 bits per heavy atom. The van der Waals surface area contributed by atoms with E-state index in [1.165, 1.54) is 81.0 Å². The summed E-state index contributed by atoms with van der Waals surface area (Å²) in [4.78, 5) is 81.2. The summed E-state index contributed by atoms with van der Waals surface area (Å²) in [5, 5.41) is 73.7. The zero-order chi connectivity index (χ0) is 76.6. The summed E-state index contributed by atoms with van der Waals surface area (Å²) in [7, 11) is 0. The van der Waals surface area contributed by atoms with Crippen molar-refractivity contribution in [2.75, 3.05) is 0 Å². The summed E-state index contributed by atoms with van der Waals surface area (Å²) in [6.45, 7) is 8.03. The molecule has 0 fully saturated rings. The summed E-state index contributed by atoms with van der Waals surface area (Å²) in [5.74, 6) is -6.34. The van der Waals surface area contributed by atoms with Crippen molar-refractivity contribution in [1.82, 2.24) is 4.98 Å². The molecular formula is C94H69N3O14. The molecule has 0 amide bonds. The number of aliphatic hydroxyl groups is 2. The Labute approximate surface area is 634 Å². The van der Waals surface area contributed by atoms with E-state index in [0.29, 0.717) is 31.4 Å². The number of para-hydroxylation sites is 1. The number of pyridine rings is 1. The smallest absolute Gasteiger partial charge is 0.339 e. The van der Waals surface area contributed by atoms with Crippen LogP contribution in [0.2, 0.25) is 0 Å². The maximum atomic E-state index is 13.9. The van der Waals surface area contributed by atoms with Crippen LogP contribution in [0.25, 0.3) is 108 Å². The molecule has 16 aromatic carbocycles. The number of carboxylic acid groups (broad SMARTS) is 3. The molecule has 0 aliphatic rings. The van der Waals surface area contributed by atoms with Gasteiger partial charge in [-0.2, -0.15) is 4.99 Å². The lowest BCUT2D eigenvalue weighted by Gasteiger charge is -2.23. The summed E-state index contributed by atoms with van der Waals surface area (Å²) >= 11 is 0. The van der Waals surface area contributed by atoms with Gasteiger partial charge in [-0.1, -0.05) is 167 Å². The molecule has 0 radical (unpaired) electrons. The van der Waals surface area contributed by atoms with Crippen molar-refractivity contribution in [3.05, 3.63) is 281 Å². The number of aromatic carboxylic acids is 3. The van der Waals surface area contributed by atoms with Crippen molar-refractivity contribution < 1.29 is 68.5 Å². The molecule has 0 aliphatic heterocycles. The van der Waals surface area contributed by atoms with Crippen LogP contribution in [-0.2, 0) is 22.4 Å². The van der Waals surface area contributed by atoms with E-state index in [4.69, 9.17) is 23.9 Å². The maximum absolute atomic E-state index is 13.9. The molecule has 1 aromatic heterocycles. The standard InChI is InChI=1S/C94H69N3O14/c1-49(2)63-17-9-18-64(50(3)4)88(63)96-91(101)72-47-74(108-59-32-36-61(37-33-59)110-76(98)20-7-11-51-22-24-57-28-26-53-13-5-15-55-30-40-65(51)80(57)78(53)55)84-68-43-45-70(92(102)103)83-73(94(106)107)48-75(85(87(68)83)67-42-44-69(82(72)86(67)84)90(100)97-89-71(93(104)105)19-10-46-95-89)109-60-34-38-62(39-35-60)111-77(99)21-8-12-52-23-25-58-29-27-54-14-6-16-56-31-41-66(52)81(58)79(54)56/h5-6,9-10,13-19,22-50H,7-8,11-12,20-21H2,1-4H3,(H,96,101)(H,102,103)(H,104,105)(H,106,107)(H,95,97,100). The second kappa shape index (κ2) is 28.3. The number of hydrogen-bond acceptors (Lipinski definition) is 12. The zero-order valence-corrected chi connectivity index (χ0v) is 60.6. The van der Waals surface area contributed by atoms with Crippen molar-refractivity contribution in [3.8, 4) is 34.5 Å². The third kappa shape index (κ3) is 12.6. The van der Waals surface area contributed by atoms with Crippen molar-refractivity contribution in [2.45, 2.75) is 78.1 Å². The Balaban J connectivity index is 0.770. The lowest BCUT2D eigenvalue weighted by atomic mass is 9.83. The van der Waals surface area contributed by atoms with E-state index in [1.807, 2.05) is 45.9 Å². The Morgan fingerprint density at radius 3 is 1.22 bits per heavy atom. The number of aliphatic imine (C=N–C) groups is 2. The van der Waals surface area contributed by atoms with E-state index >= 15 is 0 Å². The molecular weight excluding hydrogens is 1400 g/mol. The number of carboxylic acids is 3. The quantitative estimate of drug-likeness (QED) is 0.00996. The van der Waals surface area contributed by atoms with Crippen molar-refractivity contribution in [2.24, 2.45) is 9.98 Å². The average molecular weight is 1460 g/mol. The number of hydrogen-bond donors (Lipinski definition) is 5. The Bertz CT molecular complexity index is 6700. The van der Waals surface area contributed by atoms with Crippen LogP contribution in [0.5, 0.6) is 34.5 Å². The van der Waals surface area contributed by atoms with Crippen molar-refractivity contribution in [3.63, 3.8) is 0 Å². The fraction of sp³-hybridized carbons (Fsp3) is 0.128. The molecule has 5 N–H and O–H groups in total. The van der Waals surface area contributed by atoms with Gasteiger partial charge in [-0.3, -0.25) is 9.59 Å². The zero-order valence-electron chi connectivity index (χ0n) is 60.6. The summed E-state index contributed by atoms with van der Waals surface area (Å²) in [6.07, 6.45) is 3.83. The Hall–Kier alpha value is -14.1. The first-order valence-corrected chi connectivity index (χ1v) is 36.7. The fourth-order valence-electron chi connectivity index (χ4n) is 16.2. The van der Waals surface area contributed by atoms with Crippen LogP contribution >= 0.6 is 0 Å². The largest absolute Gasteiger partial charge is 0.493 e. The van der Waals surface area contributed by atoms with E-state index < -0.39 is 47.2 Å². The molecule has 17 aromatic rings. The van der Waals surface area contributed by atoms with Crippen molar-refractivity contribution in [1.29, 1.82) is 0 Å². The van der Waals surface area contributed by atoms with Gasteiger partial charge in [-0.15, -0.1) is 0 Å². The number of fused-ring (bicyclic) bond motifs is 2. The third-order valence-corrected chi connectivity index (χ3v) is 21.2. The van der Waals surface area contributed by atoms with Gasteiger partial charge in [-0.25, -0.2) is 24.4 Å². The molecule has 0 bridgehead atoms. The van der Waals surface area contributed by atoms with Gasteiger partial charge in [0.05, 0.1) is 16.8 Å². The highest BCUT2D eigenvalue weighted by molar-refractivity contribution is 6.41. The third-order valence-electron chi connectivity index (χ3n) is 21.2. The number of aromatic nitrogens is 1. The summed E-state index contributed by atoms with van der Waals surface area (Å²) < 4.78 is 25.7. The highest BCUT2D eigenvalue weighted by Gasteiger charge is 2.32. The first-order valence-electron chi connectivity index (χ1n) is 36.7. The van der Waals surface area contributed by atoms with Gasteiger partial charge in [0.2, 0.25) is 11.8 Å². The molecule has 0 saturated heterocycles. The Morgan fingerprint density at radius 1 is 0.351 bits per heavy atom. The lowest BCUT2D eigenvalue weighted by Crippen LogP contribution is -2.10. The van der Waals surface area contributed by atoms with Gasteiger partial charge >= 0.3 is 29.8 Å². The number of rotatable bonds is 23. The van der Waals surface area contributed by atoms with E-state index in [2.05, 4.69) is 119 Å². The minimum atomic E-state index is -1.49. The molecule has 17 rings (SSSR count). The number of benzene rings is 16. The highest BCUT2D eigenvalue weighted by atomic mass is 16.5. The van der Waals surface area contributed by atoms with Gasteiger partial charge in [0.1, 0.15) is 40.1 Å². The molecule has 1 heterocycles. The molecule has 17 nitrogen and oxygen atoms in total. The number of aryl methyl sites for hydroxylation is 2. The molecule has 0 atom stereocenters. The predicted molar refractivity (Wildman–Crippen MR) is 436 cm³/mol. The second-order valence-electron chi connectivity index (χ2n) is 28.6. The topological polar surface area (TPSA) is 261 Å². The van der Waals surface area contributed by atoms with Gasteiger partial charge in [0, 0.05) is 62.5 Å². The molecule has 17 heteroatoms. The predicted octanol–water partition coefficient (Wildman–Crippen LogP) is 23.0. The minimum Gasteiger partial charge on any atom is -0.493 e. The number of nitrogens with zero attached hydrogens (tertiary/aromatic N) is 3. The highest BCUT2D eigenvalue weighted by Crippen LogP contribution is 2.53. The molecule has 0 spiro atoms. The van der Waals surface area contributed by atoms with Crippen LogP contribution in [-0.4, -0.2) is 72.2 Å². The minimum absolute atomic E-state index is 0.0144. The lowest BCUT2D eigenvalue weighted by molar-refractivity contribution is -0.135. The SMILES string of the molecule is CC(C)c1cccc(C(C)C)c1N=C(O)c1cc(Oc2ccc(OC(=O)CCCc3ccc4ccc5cccc6ccc3c4c56)cc2)c2c3ccc(C(=O)O)c4c(C(=O)O)cc(Oc5ccc(OC(=O)CCCc6ccc7ccc8cccc9ccc6c7c89)cc5)c(c5ccc(C(O)=Nc6ncccc6C(=O)O)c1c52)c43. The van der Waals surface area contributed by atoms with Crippen LogP contribution < -0.4 is 18.9 Å². The molecule has 0 unspecified atom stereocenters. The first kappa shape index (κ1) is 70.0.